The molecule has 3 aliphatic rings. The summed E-state index contributed by atoms with van der Waals surface area (Å²) in [5, 5.41) is 10.8. The topological polar surface area (TPSA) is 32.7 Å². The number of fused-ring (bicyclic) bond motifs is 2. The molecule has 2 heterocycles. The van der Waals surface area contributed by atoms with Crippen LogP contribution in [0.1, 0.15) is 32.3 Å². The summed E-state index contributed by atoms with van der Waals surface area (Å²) in [5.41, 5.74) is 5.16. The van der Waals surface area contributed by atoms with E-state index in [0.29, 0.717) is 0 Å². The molecule has 1 unspecified atom stereocenters. The molecule has 0 radical (unpaired) electrons. The molecule has 1 aliphatic carbocycles. The van der Waals surface area contributed by atoms with Crippen molar-refractivity contribution in [1.29, 1.82) is 0 Å². The quantitative estimate of drug-likeness (QED) is 0.793. The molecule has 4 rings (SSSR count). The summed E-state index contributed by atoms with van der Waals surface area (Å²) >= 11 is 0. The molecule has 0 saturated heterocycles. The number of aliphatic hydroxyl groups is 1. The number of para-hydroxylation sites is 1. The van der Waals surface area contributed by atoms with Crippen LogP contribution in [0.4, 0.5) is 5.69 Å². The van der Waals surface area contributed by atoms with Crippen LogP contribution in [0.2, 0.25) is 0 Å². The average Bonchev–Trinajstić information content (AvgIpc) is 2.48. The van der Waals surface area contributed by atoms with E-state index in [0.717, 1.165) is 46.7 Å². The maximum atomic E-state index is 10.8. The van der Waals surface area contributed by atoms with Crippen LogP contribution in [0.25, 0.3) is 6.08 Å². The van der Waals surface area contributed by atoms with Crippen molar-refractivity contribution >= 4 is 11.8 Å². The molecule has 114 valence electrons. The lowest BCUT2D eigenvalue weighted by Gasteiger charge is -2.41. The standard InChI is InChI=1S/C19H21NO2/c1-19(2)9-8-13-17(22-19)11-16-14(18(13)21)10-12-6-4-5-7-15(12)20(16)3/h4-7,10-11,18,21H,8-9H2,1-3H3. The highest BCUT2D eigenvalue weighted by Gasteiger charge is 2.37. The van der Waals surface area contributed by atoms with Crippen molar-refractivity contribution < 1.29 is 9.84 Å². The van der Waals surface area contributed by atoms with E-state index in [4.69, 9.17) is 4.74 Å². The predicted molar refractivity (Wildman–Crippen MR) is 88.3 cm³/mol. The minimum Gasteiger partial charge on any atom is -0.488 e. The predicted octanol–water partition coefficient (Wildman–Crippen LogP) is 3.62. The van der Waals surface area contributed by atoms with Crippen molar-refractivity contribution in [3.63, 3.8) is 0 Å². The van der Waals surface area contributed by atoms with Crippen LogP contribution in [0.15, 0.2) is 52.9 Å². The van der Waals surface area contributed by atoms with Crippen LogP contribution in [0.5, 0.6) is 0 Å². The third kappa shape index (κ3) is 1.92. The molecule has 0 spiro atoms. The summed E-state index contributed by atoms with van der Waals surface area (Å²) in [6.07, 6.45) is 5.45. The highest BCUT2D eigenvalue weighted by Crippen LogP contribution is 2.44. The maximum absolute atomic E-state index is 10.8. The summed E-state index contributed by atoms with van der Waals surface area (Å²) in [4.78, 5) is 2.14. The number of anilines is 1. The maximum Gasteiger partial charge on any atom is 0.124 e. The van der Waals surface area contributed by atoms with Gasteiger partial charge in [-0.15, -0.1) is 0 Å². The van der Waals surface area contributed by atoms with Crippen LogP contribution >= 0.6 is 0 Å². The molecule has 0 aromatic heterocycles. The van der Waals surface area contributed by atoms with Crippen molar-refractivity contribution in [2.24, 2.45) is 0 Å². The Bertz CT molecular complexity index is 740. The number of aliphatic hydroxyl groups excluding tert-OH is 1. The Kier molecular flexibility index (Phi) is 2.79. The monoisotopic (exact) mass is 295 g/mol. The molecular formula is C19H21NO2. The van der Waals surface area contributed by atoms with Crippen molar-refractivity contribution in [3.05, 3.63) is 58.5 Å². The number of ether oxygens (including phenoxy) is 1. The summed E-state index contributed by atoms with van der Waals surface area (Å²) in [6.45, 7) is 4.21. The van der Waals surface area contributed by atoms with Gasteiger partial charge in [0.2, 0.25) is 0 Å². The fourth-order valence-electron chi connectivity index (χ4n) is 3.56. The van der Waals surface area contributed by atoms with Gasteiger partial charge in [0.05, 0.1) is 5.70 Å². The van der Waals surface area contributed by atoms with Gasteiger partial charge in [-0.2, -0.15) is 0 Å². The Morgan fingerprint density at radius 3 is 2.82 bits per heavy atom. The fourth-order valence-corrected chi connectivity index (χ4v) is 3.56. The summed E-state index contributed by atoms with van der Waals surface area (Å²) in [7, 11) is 2.05. The first-order chi connectivity index (χ1) is 10.5. The second kappa shape index (κ2) is 4.50. The van der Waals surface area contributed by atoms with E-state index in [1.165, 1.54) is 0 Å². The number of allylic oxidation sites excluding steroid dienone is 1. The number of hydrogen-bond donors (Lipinski definition) is 1. The zero-order valence-corrected chi connectivity index (χ0v) is 13.3. The van der Waals surface area contributed by atoms with Gasteiger partial charge < -0.3 is 14.7 Å². The number of likely N-dealkylation sites (N-methyl/N-ethyl adjacent to an activating group) is 1. The normalized spacial score (nSPS) is 25.5. The lowest BCUT2D eigenvalue weighted by Crippen LogP contribution is -2.36. The van der Waals surface area contributed by atoms with Gasteiger partial charge in [0.25, 0.3) is 0 Å². The molecule has 1 aromatic rings. The van der Waals surface area contributed by atoms with Crippen molar-refractivity contribution in [1.82, 2.24) is 0 Å². The number of hydrogen-bond acceptors (Lipinski definition) is 3. The largest absolute Gasteiger partial charge is 0.488 e. The van der Waals surface area contributed by atoms with E-state index < -0.39 is 6.10 Å². The Labute approximate surface area is 131 Å². The van der Waals surface area contributed by atoms with E-state index in [9.17, 15) is 5.11 Å². The zero-order chi connectivity index (χ0) is 15.5. The number of rotatable bonds is 0. The molecule has 0 fully saturated rings. The Hall–Kier alpha value is -2.00. The number of nitrogens with zero attached hydrogens (tertiary/aromatic N) is 1. The van der Waals surface area contributed by atoms with Gasteiger partial charge in [0, 0.05) is 30.0 Å². The van der Waals surface area contributed by atoms with Crippen LogP contribution in [-0.4, -0.2) is 23.9 Å². The van der Waals surface area contributed by atoms with Gasteiger partial charge in [-0.3, -0.25) is 0 Å². The molecule has 1 atom stereocenters. The molecular weight excluding hydrogens is 274 g/mol. The lowest BCUT2D eigenvalue weighted by atomic mass is 9.82. The minimum absolute atomic E-state index is 0.165. The van der Waals surface area contributed by atoms with Crippen LogP contribution in [0, 0.1) is 0 Å². The van der Waals surface area contributed by atoms with Crippen molar-refractivity contribution in [2.45, 2.75) is 38.4 Å². The van der Waals surface area contributed by atoms with Crippen LogP contribution in [0.3, 0.4) is 0 Å². The third-order valence-electron chi connectivity index (χ3n) is 4.86. The van der Waals surface area contributed by atoms with Gasteiger partial charge >= 0.3 is 0 Å². The van der Waals surface area contributed by atoms with Gasteiger partial charge in [-0.1, -0.05) is 18.2 Å². The second-order valence-electron chi connectivity index (χ2n) is 6.90. The summed E-state index contributed by atoms with van der Waals surface area (Å²) in [6, 6.07) is 8.27. The first-order valence-electron chi connectivity index (χ1n) is 7.83. The molecule has 1 N–H and O–H groups in total. The average molecular weight is 295 g/mol. The molecule has 22 heavy (non-hydrogen) atoms. The summed E-state index contributed by atoms with van der Waals surface area (Å²) in [5.74, 6) is 0.849. The van der Waals surface area contributed by atoms with E-state index in [1.54, 1.807) is 0 Å². The Morgan fingerprint density at radius 2 is 2.00 bits per heavy atom. The van der Waals surface area contributed by atoms with E-state index in [1.807, 2.05) is 19.2 Å². The summed E-state index contributed by atoms with van der Waals surface area (Å²) < 4.78 is 6.12. The first kappa shape index (κ1) is 13.6. The highest BCUT2D eigenvalue weighted by atomic mass is 16.5. The lowest BCUT2D eigenvalue weighted by molar-refractivity contribution is 0.0128. The smallest absolute Gasteiger partial charge is 0.124 e. The molecule has 0 amide bonds. The van der Waals surface area contributed by atoms with Crippen LogP contribution < -0.4 is 4.90 Å². The van der Waals surface area contributed by atoms with Gasteiger partial charge in [0.15, 0.2) is 0 Å². The fraction of sp³-hybridized carbons (Fsp3) is 0.368. The van der Waals surface area contributed by atoms with Gasteiger partial charge in [0.1, 0.15) is 17.5 Å². The Morgan fingerprint density at radius 1 is 1.23 bits per heavy atom. The van der Waals surface area contributed by atoms with E-state index >= 15 is 0 Å². The molecule has 1 aromatic carbocycles. The molecule has 0 bridgehead atoms. The highest BCUT2D eigenvalue weighted by molar-refractivity contribution is 5.81. The first-order valence-corrected chi connectivity index (χ1v) is 7.83. The third-order valence-corrected chi connectivity index (χ3v) is 4.86. The van der Waals surface area contributed by atoms with Crippen molar-refractivity contribution in [3.8, 4) is 0 Å². The SMILES string of the molecule is CN1C2=CC3=C(CCC(C)(C)O3)C(O)C2=Cc2ccccc21. The van der Waals surface area contributed by atoms with E-state index in [-0.39, 0.29) is 5.60 Å². The zero-order valence-electron chi connectivity index (χ0n) is 13.3. The molecule has 0 saturated carbocycles. The second-order valence-corrected chi connectivity index (χ2v) is 6.90. The Balaban J connectivity index is 1.85. The van der Waals surface area contributed by atoms with E-state index in [2.05, 4.69) is 43.0 Å². The molecule has 2 aliphatic heterocycles. The molecule has 3 nitrogen and oxygen atoms in total. The minimum atomic E-state index is -0.568. The van der Waals surface area contributed by atoms with Crippen LogP contribution in [-0.2, 0) is 4.74 Å². The van der Waals surface area contributed by atoms with Crippen molar-refractivity contribution in [2.75, 3.05) is 11.9 Å². The van der Waals surface area contributed by atoms with Gasteiger partial charge in [-0.05, 0) is 44.4 Å². The van der Waals surface area contributed by atoms with Gasteiger partial charge in [-0.25, -0.2) is 0 Å². The molecule has 3 heteroatoms. The number of benzene rings is 1.